The average Bonchev–Trinajstić information content (AvgIpc) is 3.52. The van der Waals surface area contributed by atoms with E-state index in [0.717, 1.165) is 42.3 Å². The highest BCUT2D eigenvalue weighted by molar-refractivity contribution is 8.00. The number of carbonyl (C=O) groups excluding carboxylic acids is 1. The third-order valence-corrected chi connectivity index (χ3v) is 9.88. The zero-order valence-corrected chi connectivity index (χ0v) is 23.3. The van der Waals surface area contributed by atoms with Crippen LogP contribution in [-0.4, -0.2) is 43.9 Å². The van der Waals surface area contributed by atoms with Crippen molar-refractivity contribution in [2.24, 2.45) is 0 Å². The number of nitrogens with zero attached hydrogens (tertiary/aromatic N) is 1. The number of rotatable bonds is 6. The Morgan fingerprint density at radius 1 is 0.974 bits per heavy atom. The summed E-state index contributed by atoms with van der Waals surface area (Å²) in [5.74, 6) is 0.235. The van der Waals surface area contributed by atoms with Crippen molar-refractivity contribution in [3.05, 3.63) is 106 Å². The second-order valence-electron chi connectivity index (χ2n) is 9.68. The van der Waals surface area contributed by atoms with Crippen LogP contribution in [0.2, 0.25) is 5.02 Å². The van der Waals surface area contributed by atoms with E-state index in [1.54, 1.807) is 23.1 Å². The molecule has 2 saturated heterocycles. The molecule has 0 spiro atoms. The standard InChI is InChI=1S/C31H29ClN2O2S2/c32-26-8-4-5-9-29(26)38-30-20-33-31(19-28(30)35,24-12-17-37-21-24)23-10-11-27(34-13-15-36-16-14-34)25(18-23)22-6-2-1-3-7-22/h1-12,17-18,21,30,33H,13-16,19-20H2. The number of morpholine rings is 1. The lowest BCUT2D eigenvalue weighted by molar-refractivity contribution is -0.121. The minimum atomic E-state index is -0.582. The molecule has 194 valence electrons. The summed E-state index contributed by atoms with van der Waals surface area (Å²) in [6.07, 6.45) is 0.386. The maximum absolute atomic E-state index is 13.7. The Kier molecular flexibility index (Phi) is 7.59. The van der Waals surface area contributed by atoms with Crippen LogP contribution in [0, 0.1) is 0 Å². The van der Waals surface area contributed by atoms with Gasteiger partial charge in [-0.2, -0.15) is 11.3 Å². The van der Waals surface area contributed by atoms with E-state index in [4.69, 9.17) is 16.3 Å². The molecule has 0 aliphatic carbocycles. The van der Waals surface area contributed by atoms with Crippen molar-refractivity contribution in [2.75, 3.05) is 37.7 Å². The lowest BCUT2D eigenvalue weighted by Gasteiger charge is -2.41. The maximum Gasteiger partial charge on any atom is 0.150 e. The lowest BCUT2D eigenvalue weighted by Crippen LogP contribution is -2.54. The van der Waals surface area contributed by atoms with Gasteiger partial charge in [0.05, 0.1) is 29.0 Å². The van der Waals surface area contributed by atoms with Crippen molar-refractivity contribution in [3.8, 4) is 11.1 Å². The van der Waals surface area contributed by atoms with Gasteiger partial charge in [-0.25, -0.2) is 0 Å². The molecule has 4 nitrogen and oxygen atoms in total. The summed E-state index contributed by atoms with van der Waals surface area (Å²) < 4.78 is 5.62. The van der Waals surface area contributed by atoms with Crippen molar-refractivity contribution in [3.63, 3.8) is 0 Å². The van der Waals surface area contributed by atoms with Crippen molar-refractivity contribution in [2.45, 2.75) is 22.1 Å². The number of ether oxygens (including phenoxy) is 1. The first-order valence-corrected chi connectivity index (χ1v) is 15.1. The first-order chi connectivity index (χ1) is 18.6. The first-order valence-electron chi connectivity index (χ1n) is 12.9. The molecule has 1 N–H and O–H groups in total. The van der Waals surface area contributed by atoms with E-state index in [1.807, 2.05) is 30.3 Å². The van der Waals surface area contributed by atoms with Gasteiger partial charge in [0.1, 0.15) is 5.78 Å². The number of thiophene rings is 1. The van der Waals surface area contributed by atoms with Crippen LogP contribution in [0.15, 0.2) is 94.5 Å². The molecule has 4 aromatic rings. The second kappa shape index (κ2) is 11.2. The molecule has 2 aliphatic heterocycles. The fourth-order valence-electron chi connectivity index (χ4n) is 5.43. The number of nitrogens with one attached hydrogen (secondary N) is 1. The molecule has 0 radical (unpaired) electrons. The minimum absolute atomic E-state index is 0.192. The molecule has 0 saturated carbocycles. The van der Waals surface area contributed by atoms with Gasteiger partial charge in [-0.15, -0.1) is 11.8 Å². The first kappa shape index (κ1) is 25.7. The van der Waals surface area contributed by atoms with Gasteiger partial charge in [0.25, 0.3) is 0 Å². The van der Waals surface area contributed by atoms with Gasteiger partial charge in [0.15, 0.2) is 0 Å². The van der Waals surface area contributed by atoms with Crippen LogP contribution in [0.25, 0.3) is 11.1 Å². The van der Waals surface area contributed by atoms with E-state index < -0.39 is 5.54 Å². The quantitative estimate of drug-likeness (QED) is 0.279. The third kappa shape index (κ3) is 5.04. The largest absolute Gasteiger partial charge is 0.378 e. The van der Waals surface area contributed by atoms with Crippen molar-refractivity contribution < 1.29 is 9.53 Å². The number of thioether (sulfide) groups is 1. The molecule has 3 heterocycles. The summed E-state index contributed by atoms with van der Waals surface area (Å²) in [7, 11) is 0. The van der Waals surface area contributed by atoms with Gasteiger partial charge in [-0.05, 0) is 57.8 Å². The van der Waals surface area contributed by atoms with Crippen LogP contribution in [0.1, 0.15) is 17.5 Å². The van der Waals surface area contributed by atoms with E-state index in [9.17, 15) is 4.79 Å². The topological polar surface area (TPSA) is 41.6 Å². The summed E-state index contributed by atoms with van der Waals surface area (Å²) in [5.41, 5.74) is 5.23. The van der Waals surface area contributed by atoms with Crippen LogP contribution in [-0.2, 0) is 15.1 Å². The van der Waals surface area contributed by atoms with Crippen molar-refractivity contribution in [1.29, 1.82) is 0 Å². The van der Waals surface area contributed by atoms with Gasteiger partial charge in [-0.3, -0.25) is 4.79 Å². The fourth-order valence-corrected chi connectivity index (χ4v) is 7.46. The number of hydrogen-bond acceptors (Lipinski definition) is 6. The highest BCUT2D eigenvalue weighted by Gasteiger charge is 2.43. The second-order valence-corrected chi connectivity index (χ2v) is 12.1. The Morgan fingerprint density at radius 2 is 1.76 bits per heavy atom. The molecule has 6 rings (SSSR count). The minimum Gasteiger partial charge on any atom is -0.378 e. The molecule has 0 amide bonds. The fraction of sp³-hybridized carbons (Fsp3) is 0.258. The maximum atomic E-state index is 13.7. The third-order valence-electron chi connectivity index (χ3n) is 7.43. The molecule has 1 aromatic heterocycles. The Bertz CT molecular complexity index is 1410. The SMILES string of the molecule is O=C1CC(c2ccsc2)(c2ccc(N3CCOCC3)c(-c3ccccc3)c2)NCC1Sc1ccccc1Cl. The summed E-state index contributed by atoms with van der Waals surface area (Å²) in [5, 5.41) is 8.59. The van der Waals surface area contributed by atoms with Gasteiger partial charge in [0, 0.05) is 42.2 Å². The Labute approximate surface area is 237 Å². The average molecular weight is 561 g/mol. The molecule has 2 unspecified atom stereocenters. The number of anilines is 1. The van der Waals surface area contributed by atoms with E-state index in [-0.39, 0.29) is 11.0 Å². The number of hydrogen-bond donors (Lipinski definition) is 1. The van der Waals surface area contributed by atoms with Gasteiger partial charge >= 0.3 is 0 Å². The molecule has 38 heavy (non-hydrogen) atoms. The van der Waals surface area contributed by atoms with Crippen LogP contribution in [0.3, 0.4) is 0 Å². The zero-order chi connectivity index (χ0) is 26.0. The van der Waals surface area contributed by atoms with E-state index in [0.29, 0.717) is 18.0 Å². The van der Waals surface area contributed by atoms with Crippen LogP contribution in [0.4, 0.5) is 5.69 Å². The van der Waals surface area contributed by atoms with Gasteiger partial charge in [0.2, 0.25) is 0 Å². The summed E-state index contributed by atoms with van der Waals surface area (Å²) in [4.78, 5) is 17.1. The number of ketones is 1. The van der Waals surface area contributed by atoms with E-state index in [1.165, 1.54) is 16.8 Å². The number of Topliss-reactive ketones (excluding diaryl/α,β-unsaturated/α-hetero) is 1. The van der Waals surface area contributed by atoms with E-state index in [2.05, 4.69) is 69.5 Å². The molecular formula is C31H29ClN2O2S2. The van der Waals surface area contributed by atoms with Crippen molar-refractivity contribution in [1.82, 2.24) is 5.32 Å². The summed E-state index contributed by atoms with van der Waals surface area (Å²) in [6.45, 7) is 3.76. The van der Waals surface area contributed by atoms with Crippen LogP contribution < -0.4 is 10.2 Å². The highest BCUT2D eigenvalue weighted by atomic mass is 35.5. The molecule has 0 bridgehead atoms. The van der Waals surface area contributed by atoms with Crippen LogP contribution >= 0.6 is 34.7 Å². The van der Waals surface area contributed by atoms with Crippen molar-refractivity contribution >= 4 is 46.2 Å². The number of carbonyl (C=O) groups is 1. The predicted octanol–water partition coefficient (Wildman–Crippen LogP) is 6.87. The number of halogens is 1. The lowest BCUT2D eigenvalue weighted by atomic mass is 9.76. The number of piperidine rings is 1. The summed E-state index contributed by atoms with van der Waals surface area (Å²) >= 11 is 9.63. The van der Waals surface area contributed by atoms with Gasteiger partial charge in [-0.1, -0.05) is 60.1 Å². The zero-order valence-electron chi connectivity index (χ0n) is 20.9. The highest BCUT2D eigenvalue weighted by Crippen LogP contribution is 2.43. The Balaban J connectivity index is 1.39. The summed E-state index contributed by atoms with van der Waals surface area (Å²) in [6, 6.07) is 27.1. The molecule has 2 fully saturated rings. The predicted molar refractivity (Wildman–Crippen MR) is 159 cm³/mol. The molecular weight excluding hydrogens is 532 g/mol. The molecule has 3 aromatic carbocycles. The molecule has 2 aliphatic rings. The molecule has 7 heteroatoms. The van der Waals surface area contributed by atoms with Crippen LogP contribution in [0.5, 0.6) is 0 Å². The normalized spacial score (nSPS) is 22.0. The smallest absolute Gasteiger partial charge is 0.150 e. The molecule has 2 atom stereocenters. The van der Waals surface area contributed by atoms with E-state index >= 15 is 0 Å². The number of benzene rings is 3. The Hall–Kier alpha value is -2.61. The Morgan fingerprint density at radius 3 is 2.50 bits per heavy atom. The van der Waals surface area contributed by atoms with Gasteiger partial charge < -0.3 is 15.0 Å². The monoisotopic (exact) mass is 560 g/mol.